The number of hydrogen-bond acceptors (Lipinski definition) is 7. The van der Waals surface area contributed by atoms with E-state index < -0.39 is 41.5 Å². The maximum atomic E-state index is 13.2. The van der Waals surface area contributed by atoms with Gasteiger partial charge in [0.1, 0.15) is 11.3 Å². The summed E-state index contributed by atoms with van der Waals surface area (Å²) in [6.45, 7) is 0.591. The average Bonchev–Trinajstić information content (AvgIpc) is 3.55. The molecule has 2 aromatic rings. The third kappa shape index (κ3) is 5.02. The third-order valence-electron chi connectivity index (χ3n) is 7.81. The Kier molecular flexibility index (Phi) is 8.32. The highest BCUT2D eigenvalue weighted by Crippen LogP contribution is 2.59. The van der Waals surface area contributed by atoms with Gasteiger partial charge in [-0.15, -0.1) is 0 Å². The average molecular weight is 617 g/mol. The maximum absolute atomic E-state index is 13.2. The number of hydrogen-bond donors (Lipinski definition) is 1. The number of benzene rings is 2. The summed E-state index contributed by atoms with van der Waals surface area (Å²) in [5.41, 5.74) is 1.31. The van der Waals surface area contributed by atoms with Gasteiger partial charge in [0.25, 0.3) is 0 Å². The Morgan fingerprint density at radius 3 is 2.27 bits per heavy atom. The van der Waals surface area contributed by atoms with Gasteiger partial charge in [-0.05, 0) is 48.7 Å². The Balaban J connectivity index is 0.000000493. The molecule has 2 aromatic carbocycles. The van der Waals surface area contributed by atoms with E-state index in [4.69, 9.17) is 42.6 Å². The number of amides is 2. The molecule has 1 N–H and O–H groups in total. The highest BCUT2D eigenvalue weighted by molar-refractivity contribution is 6.42. The van der Waals surface area contributed by atoms with Crippen LogP contribution in [0.5, 0.6) is 5.75 Å². The van der Waals surface area contributed by atoms with Gasteiger partial charge in [-0.1, -0.05) is 41.4 Å². The van der Waals surface area contributed by atoms with Crippen molar-refractivity contribution in [2.24, 2.45) is 11.8 Å². The Morgan fingerprint density at radius 1 is 1.05 bits per heavy atom. The molecule has 3 heterocycles. The van der Waals surface area contributed by atoms with E-state index in [2.05, 4.69) is 0 Å². The van der Waals surface area contributed by atoms with Gasteiger partial charge in [0.05, 0.1) is 36.1 Å². The molecule has 2 amide bonds. The molecule has 3 fully saturated rings. The molecule has 0 bridgehead atoms. The number of nitrogens with zero attached hydrogens (tertiary/aromatic N) is 2. The quantitative estimate of drug-likeness (QED) is 0.392. The number of rotatable bonds is 4. The number of fused-ring (bicyclic) bond motifs is 3. The van der Waals surface area contributed by atoms with Crippen LogP contribution in [-0.2, 0) is 23.9 Å². The van der Waals surface area contributed by atoms with Crippen molar-refractivity contribution >= 4 is 47.0 Å². The topological polar surface area (TPSA) is 113 Å². The van der Waals surface area contributed by atoms with Crippen molar-refractivity contribution in [3.63, 3.8) is 0 Å². The van der Waals surface area contributed by atoms with E-state index >= 15 is 0 Å². The largest absolute Gasteiger partial charge is 0.496 e. The first-order valence-corrected chi connectivity index (χ1v) is 13.1. The Hall–Kier alpha value is -3.35. The summed E-state index contributed by atoms with van der Waals surface area (Å²) in [5.74, 6) is -4.67. The van der Waals surface area contributed by atoms with Gasteiger partial charge >= 0.3 is 18.1 Å². The van der Waals surface area contributed by atoms with Gasteiger partial charge in [0.15, 0.2) is 0 Å². The van der Waals surface area contributed by atoms with Crippen LogP contribution < -0.4 is 4.74 Å². The zero-order chi connectivity index (χ0) is 30.4. The van der Waals surface area contributed by atoms with Crippen LogP contribution in [-0.4, -0.2) is 78.2 Å². The lowest BCUT2D eigenvalue weighted by Gasteiger charge is -2.35. The Morgan fingerprint density at radius 2 is 1.71 bits per heavy atom. The molecule has 3 aliphatic rings. The molecule has 0 aliphatic carbocycles. The van der Waals surface area contributed by atoms with E-state index in [0.717, 1.165) is 28.0 Å². The number of imide groups is 1. The molecule has 4 atom stereocenters. The number of carboxylic acid groups (broad SMARTS) is 1. The molecule has 3 aliphatic heterocycles. The normalized spacial score (nSPS) is 25.4. The number of carbonyl (C=O) groups excluding carboxylic acids is 3. The summed E-state index contributed by atoms with van der Waals surface area (Å²) in [6.07, 6.45) is -3.87. The van der Waals surface area contributed by atoms with Crippen LogP contribution in [0.1, 0.15) is 24.4 Å². The molecule has 220 valence electrons. The predicted octanol–water partition coefficient (Wildman–Crippen LogP) is 4.60. The maximum Gasteiger partial charge on any atom is 0.490 e. The number of aliphatic carboxylic acids is 1. The van der Waals surface area contributed by atoms with Crippen LogP contribution in [0, 0.1) is 11.8 Å². The highest BCUT2D eigenvalue weighted by atomic mass is 35.5. The zero-order valence-electron chi connectivity index (χ0n) is 22.0. The number of halogens is 5. The predicted molar refractivity (Wildman–Crippen MR) is 140 cm³/mol. The van der Waals surface area contributed by atoms with Crippen molar-refractivity contribution in [3.8, 4) is 16.9 Å². The zero-order valence-corrected chi connectivity index (χ0v) is 23.5. The molecule has 5 rings (SSSR count). The molecule has 3 saturated heterocycles. The lowest BCUT2D eigenvalue weighted by molar-refractivity contribution is -0.192. The van der Waals surface area contributed by atoms with Gasteiger partial charge in [-0.25, -0.2) is 4.79 Å². The van der Waals surface area contributed by atoms with E-state index in [1.165, 1.54) is 14.2 Å². The number of esters is 1. The summed E-state index contributed by atoms with van der Waals surface area (Å²) in [6, 6.07) is 10.6. The SMILES string of the molecule is COC(=O)[C@@]12CCCN1[C@H](c1ccc(-c3ccc(Cl)c(Cl)c3)c(OC)c1)[C@H]1C(=O)N(C)C(=O)[C@H]12.O=C(O)C(F)(F)F. The van der Waals surface area contributed by atoms with E-state index in [9.17, 15) is 27.6 Å². The van der Waals surface area contributed by atoms with Crippen LogP contribution >= 0.6 is 23.2 Å². The minimum Gasteiger partial charge on any atom is -0.496 e. The van der Waals surface area contributed by atoms with Gasteiger partial charge < -0.3 is 14.6 Å². The van der Waals surface area contributed by atoms with Crippen LogP contribution in [0.25, 0.3) is 11.1 Å². The number of carbonyl (C=O) groups is 4. The minimum atomic E-state index is -5.08. The molecular weight excluding hydrogens is 592 g/mol. The first-order chi connectivity index (χ1) is 19.2. The van der Waals surface area contributed by atoms with E-state index in [1.807, 2.05) is 29.2 Å². The molecule has 41 heavy (non-hydrogen) atoms. The molecular formula is C27H25Cl2F3N2O7. The molecule has 9 nitrogen and oxygen atoms in total. The van der Waals surface area contributed by atoms with Gasteiger partial charge in [-0.3, -0.25) is 24.2 Å². The first kappa shape index (κ1) is 30.6. The van der Waals surface area contributed by atoms with Crippen LogP contribution in [0.3, 0.4) is 0 Å². The molecule has 0 unspecified atom stereocenters. The standard InChI is InChI=1S/C25H24Cl2N2O5.C2HF3O2/c1-28-22(30)19-20(23(28)31)25(24(32)34-3)9-4-10-29(25)21(19)14-5-7-15(18(12-14)33-2)13-6-8-16(26)17(27)11-13;3-2(4,5)1(6)7/h5-8,11-12,19-21H,4,9-10H2,1-3H3;(H,6,7)/t19-,20-,21+,25-;/m0./s1. The summed E-state index contributed by atoms with van der Waals surface area (Å²) in [5, 5.41) is 8.02. The smallest absolute Gasteiger partial charge is 0.490 e. The third-order valence-corrected chi connectivity index (χ3v) is 8.55. The Labute approximate surface area is 242 Å². The highest BCUT2D eigenvalue weighted by Gasteiger charge is 2.73. The molecule has 0 saturated carbocycles. The molecule has 0 spiro atoms. The molecule has 0 radical (unpaired) electrons. The van der Waals surface area contributed by atoms with E-state index in [-0.39, 0.29) is 11.8 Å². The fourth-order valence-electron chi connectivity index (χ4n) is 6.14. The van der Waals surface area contributed by atoms with Crippen LogP contribution in [0.15, 0.2) is 36.4 Å². The van der Waals surface area contributed by atoms with Crippen molar-refractivity contribution < 1.29 is 46.9 Å². The fraction of sp³-hybridized carbons (Fsp3) is 0.407. The van der Waals surface area contributed by atoms with Crippen molar-refractivity contribution in [3.05, 3.63) is 52.0 Å². The first-order valence-electron chi connectivity index (χ1n) is 12.3. The minimum absolute atomic E-state index is 0.273. The van der Waals surface area contributed by atoms with Crippen molar-refractivity contribution in [1.82, 2.24) is 9.80 Å². The second-order valence-corrected chi connectivity index (χ2v) is 10.6. The van der Waals surface area contributed by atoms with Crippen molar-refractivity contribution in [1.29, 1.82) is 0 Å². The monoisotopic (exact) mass is 616 g/mol. The van der Waals surface area contributed by atoms with Gasteiger partial charge in [0, 0.05) is 18.7 Å². The van der Waals surface area contributed by atoms with Crippen LogP contribution in [0.4, 0.5) is 13.2 Å². The number of alkyl halides is 3. The van der Waals surface area contributed by atoms with Gasteiger partial charge in [-0.2, -0.15) is 13.2 Å². The second-order valence-electron chi connectivity index (χ2n) is 9.79. The Bertz CT molecular complexity index is 1420. The number of ether oxygens (including phenoxy) is 2. The van der Waals surface area contributed by atoms with Crippen LogP contribution in [0.2, 0.25) is 10.0 Å². The van der Waals surface area contributed by atoms with E-state index in [0.29, 0.717) is 28.8 Å². The second kappa shape index (κ2) is 11.1. The fourth-order valence-corrected chi connectivity index (χ4v) is 6.44. The number of methoxy groups -OCH3 is 2. The number of likely N-dealkylation sites (tertiary alicyclic amines) is 1. The molecule has 0 aromatic heterocycles. The lowest BCUT2D eigenvalue weighted by Crippen LogP contribution is -2.54. The molecule has 14 heteroatoms. The summed E-state index contributed by atoms with van der Waals surface area (Å²) in [7, 11) is 4.39. The summed E-state index contributed by atoms with van der Waals surface area (Å²) < 4.78 is 42.6. The van der Waals surface area contributed by atoms with Crippen molar-refractivity contribution in [2.45, 2.75) is 30.6 Å². The van der Waals surface area contributed by atoms with Gasteiger partial charge in [0.2, 0.25) is 11.8 Å². The summed E-state index contributed by atoms with van der Waals surface area (Å²) in [4.78, 5) is 51.6. The number of carboxylic acids is 1. The summed E-state index contributed by atoms with van der Waals surface area (Å²) >= 11 is 12.3. The van der Waals surface area contributed by atoms with E-state index in [1.54, 1.807) is 19.2 Å². The van der Waals surface area contributed by atoms with Crippen molar-refractivity contribution in [2.75, 3.05) is 27.8 Å². The lowest BCUT2D eigenvalue weighted by atomic mass is 9.77.